The standard InChI is InChI=1S/C19H31N3O3S/c1-14-9-7-8-10-16(14)22(26(6,24)25)13-17(23)20-15-11-18(2,3)21-19(4,5)12-15/h7-10,15,21H,11-13H2,1-6H3,(H,20,23). The van der Waals surface area contributed by atoms with E-state index in [1.165, 1.54) is 4.31 Å². The van der Waals surface area contributed by atoms with E-state index in [-0.39, 0.29) is 29.6 Å². The summed E-state index contributed by atoms with van der Waals surface area (Å²) in [5.74, 6) is -0.280. The summed E-state index contributed by atoms with van der Waals surface area (Å²) in [5, 5.41) is 6.61. The van der Waals surface area contributed by atoms with Crippen LogP contribution >= 0.6 is 0 Å². The molecule has 0 unspecified atom stereocenters. The number of aryl methyl sites for hydroxylation is 1. The summed E-state index contributed by atoms with van der Waals surface area (Å²) in [5.41, 5.74) is 1.17. The first kappa shape index (κ1) is 20.7. The molecule has 1 aliphatic heterocycles. The zero-order valence-electron chi connectivity index (χ0n) is 16.6. The minimum absolute atomic E-state index is 0.00651. The SMILES string of the molecule is Cc1ccccc1N(CC(=O)NC1CC(C)(C)NC(C)(C)C1)S(C)(=O)=O. The van der Waals surface area contributed by atoms with Crippen molar-refractivity contribution in [1.82, 2.24) is 10.6 Å². The maximum absolute atomic E-state index is 12.6. The predicted octanol–water partition coefficient (Wildman–Crippen LogP) is 2.19. The van der Waals surface area contributed by atoms with Gasteiger partial charge in [0.1, 0.15) is 6.54 Å². The molecule has 1 fully saturated rings. The van der Waals surface area contributed by atoms with Gasteiger partial charge in [-0.25, -0.2) is 8.42 Å². The molecule has 2 rings (SSSR count). The third-order valence-electron chi connectivity index (χ3n) is 4.63. The summed E-state index contributed by atoms with van der Waals surface area (Å²) in [4.78, 5) is 12.6. The number of carbonyl (C=O) groups is 1. The summed E-state index contributed by atoms with van der Waals surface area (Å²) in [6, 6.07) is 7.19. The Morgan fingerprint density at radius 1 is 1.19 bits per heavy atom. The van der Waals surface area contributed by atoms with Crippen LogP contribution in [0.15, 0.2) is 24.3 Å². The van der Waals surface area contributed by atoms with E-state index in [1.54, 1.807) is 12.1 Å². The number of hydrogen-bond donors (Lipinski definition) is 2. The van der Waals surface area contributed by atoms with E-state index in [1.807, 2.05) is 19.1 Å². The van der Waals surface area contributed by atoms with Gasteiger partial charge in [-0.05, 0) is 59.1 Å². The fourth-order valence-corrected chi connectivity index (χ4v) is 4.97. The predicted molar refractivity (Wildman–Crippen MR) is 106 cm³/mol. The van der Waals surface area contributed by atoms with Gasteiger partial charge in [-0.15, -0.1) is 0 Å². The van der Waals surface area contributed by atoms with Gasteiger partial charge in [0.25, 0.3) is 0 Å². The molecule has 26 heavy (non-hydrogen) atoms. The van der Waals surface area contributed by atoms with E-state index >= 15 is 0 Å². The van der Waals surface area contributed by atoms with Crippen LogP contribution in [-0.2, 0) is 14.8 Å². The summed E-state index contributed by atoms with van der Waals surface area (Å²) < 4.78 is 25.7. The molecule has 1 heterocycles. The van der Waals surface area contributed by atoms with Crippen LogP contribution in [0.2, 0.25) is 0 Å². The molecule has 0 radical (unpaired) electrons. The van der Waals surface area contributed by atoms with Crippen LogP contribution in [0.25, 0.3) is 0 Å². The molecule has 6 nitrogen and oxygen atoms in total. The summed E-state index contributed by atoms with van der Waals surface area (Å²) in [6.07, 6.45) is 2.72. The number of sulfonamides is 1. The lowest BCUT2D eigenvalue weighted by molar-refractivity contribution is -0.120. The van der Waals surface area contributed by atoms with Crippen molar-refractivity contribution in [2.24, 2.45) is 0 Å². The van der Waals surface area contributed by atoms with Gasteiger partial charge in [0.15, 0.2) is 0 Å². The Hall–Kier alpha value is -1.60. The number of piperidine rings is 1. The number of benzene rings is 1. The first-order valence-corrected chi connectivity index (χ1v) is 10.8. The van der Waals surface area contributed by atoms with Crippen molar-refractivity contribution >= 4 is 21.6 Å². The minimum Gasteiger partial charge on any atom is -0.352 e. The number of rotatable bonds is 5. The molecule has 1 aromatic carbocycles. The second-order valence-electron chi connectivity index (χ2n) is 8.62. The summed E-state index contributed by atoms with van der Waals surface area (Å²) in [6.45, 7) is 10.1. The second-order valence-corrected chi connectivity index (χ2v) is 10.5. The Bertz CT molecular complexity index is 756. The van der Waals surface area contributed by atoms with Crippen LogP contribution in [0.1, 0.15) is 46.1 Å². The lowest BCUT2D eigenvalue weighted by Crippen LogP contribution is -2.62. The quantitative estimate of drug-likeness (QED) is 0.819. The number of amides is 1. The monoisotopic (exact) mass is 381 g/mol. The molecular weight excluding hydrogens is 350 g/mol. The van der Waals surface area contributed by atoms with Crippen molar-refractivity contribution in [2.45, 2.75) is 64.6 Å². The molecule has 0 aliphatic carbocycles. The smallest absolute Gasteiger partial charge is 0.240 e. The Morgan fingerprint density at radius 2 is 1.73 bits per heavy atom. The summed E-state index contributed by atoms with van der Waals surface area (Å²) >= 11 is 0. The molecule has 1 aliphatic rings. The van der Waals surface area contributed by atoms with Crippen LogP contribution in [0.3, 0.4) is 0 Å². The van der Waals surface area contributed by atoms with E-state index in [4.69, 9.17) is 0 Å². The van der Waals surface area contributed by atoms with Crippen molar-refractivity contribution < 1.29 is 13.2 Å². The zero-order valence-corrected chi connectivity index (χ0v) is 17.4. The highest BCUT2D eigenvalue weighted by Gasteiger charge is 2.38. The van der Waals surface area contributed by atoms with Crippen LogP contribution in [-0.4, -0.2) is 44.2 Å². The lowest BCUT2D eigenvalue weighted by atomic mass is 9.79. The number of nitrogens with zero attached hydrogens (tertiary/aromatic N) is 1. The van der Waals surface area contributed by atoms with Gasteiger partial charge in [0, 0.05) is 17.1 Å². The molecule has 1 saturated heterocycles. The second kappa shape index (κ2) is 7.19. The number of hydrogen-bond acceptors (Lipinski definition) is 4. The summed E-state index contributed by atoms with van der Waals surface area (Å²) in [7, 11) is -3.56. The van der Waals surface area contributed by atoms with Crippen molar-refractivity contribution in [3.8, 4) is 0 Å². The van der Waals surface area contributed by atoms with Gasteiger partial charge in [-0.3, -0.25) is 9.10 Å². The van der Waals surface area contributed by atoms with E-state index in [0.29, 0.717) is 5.69 Å². The van der Waals surface area contributed by atoms with Gasteiger partial charge >= 0.3 is 0 Å². The van der Waals surface area contributed by atoms with E-state index in [0.717, 1.165) is 24.7 Å². The number of nitrogens with one attached hydrogen (secondary N) is 2. The van der Waals surface area contributed by atoms with Crippen LogP contribution < -0.4 is 14.9 Å². The average Bonchev–Trinajstić information content (AvgIpc) is 2.41. The molecule has 7 heteroatoms. The van der Waals surface area contributed by atoms with Crippen molar-refractivity contribution in [3.05, 3.63) is 29.8 Å². The fraction of sp³-hybridized carbons (Fsp3) is 0.632. The Morgan fingerprint density at radius 3 is 2.23 bits per heavy atom. The third kappa shape index (κ3) is 5.45. The van der Waals surface area contributed by atoms with Gasteiger partial charge < -0.3 is 10.6 Å². The average molecular weight is 382 g/mol. The molecule has 0 atom stereocenters. The van der Waals surface area contributed by atoms with E-state index < -0.39 is 10.0 Å². The van der Waals surface area contributed by atoms with Crippen molar-refractivity contribution in [3.63, 3.8) is 0 Å². The Balaban J connectivity index is 2.15. The number of para-hydroxylation sites is 1. The highest BCUT2D eigenvalue weighted by atomic mass is 32.2. The highest BCUT2D eigenvalue weighted by Crippen LogP contribution is 2.28. The first-order chi connectivity index (χ1) is 11.8. The molecule has 0 bridgehead atoms. The molecule has 0 saturated carbocycles. The third-order valence-corrected chi connectivity index (χ3v) is 5.75. The van der Waals surface area contributed by atoms with Crippen LogP contribution in [0.4, 0.5) is 5.69 Å². The van der Waals surface area contributed by atoms with E-state index in [9.17, 15) is 13.2 Å². The molecular formula is C19H31N3O3S. The van der Waals surface area contributed by atoms with Crippen molar-refractivity contribution in [2.75, 3.05) is 17.1 Å². The number of anilines is 1. The van der Waals surface area contributed by atoms with E-state index in [2.05, 4.69) is 38.3 Å². The fourth-order valence-electron chi connectivity index (χ4n) is 4.05. The maximum Gasteiger partial charge on any atom is 0.240 e. The molecule has 1 aromatic rings. The molecule has 2 N–H and O–H groups in total. The van der Waals surface area contributed by atoms with Crippen molar-refractivity contribution in [1.29, 1.82) is 0 Å². The molecule has 0 spiro atoms. The Kier molecular flexibility index (Phi) is 5.73. The molecule has 0 aromatic heterocycles. The zero-order chi connectivity index (χ0) is 19.8. The minimum atomic E-state index is -3.56. The van der Waals surface area contributed by atoms with Gasteiger partial charge in [-0.2, -0.15) is 0 Å². The van der Waals surface area contributed by atoms with Crippen LogP contribution in [0, 0.1) is 6.92 Å². The maximum atomic E-state index is 12.6. The molecule has 1 amide bonds. The topological polar surface area (TPSA) is 78.5 Å². The largest absolute Gasteiger partial charge is 0.352 e. The van der Waals surface area contributed by atoms with Gasteiger partial charge in [0.05, 0.1) is 11.9 Å². The lowest BCUT2D eigenvalue weighted by Gasteiger charge is -2.46. The van der Waals surface area contributed by atoms with Crippen LogP contribution in [0.5, 0.6) is 0 Å². The highest BCUT2D eigenvalue weighted by molar-refractivity contribution is 7.92. The normalized spacial score (nSPS) is 19.8. The first-order valence-electron chi connectivity index (χ1n) is 8.91. The van der Waals surface area contributed by atoms with Gasteiger partial charge in [0.2, 0.25) is 15.9 Å². The molecule has 146 valence electrons. The van der Waals surface area contributed by atoms with Gasteiger partial charge in [-0.1, -0.05) is 18.2 Å². The number of carbonyl (C=O) groups excluding carboxylic acids is 1. The Labute approximate surface area is 157 Å².